The maximum Gasteiger partial charge on any atom is 0.165 e. The summed E-state index contributed by atoms with van der Waals surface area (Å²) in [5, 5.41) is 14.1. The van der Waals surface area contributed by atoms with Crippen LogP contribution in [0.2, 0.25) is 0 Å². The Morgan fingerprint density at radius 3 is 1.69 bits per heavy atom. The zero-order valence-electron chi connectivity index (χ0n) is 38.8. The van der Waals surface area contributed by atoms with E-state index in [9.17, 15) is 0 Å². The Morgan fingerprint density at radius 1 is 0.292 bits per heavy atom. The van der Waals surface area contributed by atoms with E-state index in [-0.39, 0.29) is 0 Å². The summed E-state index contributed by atoms with van der Waals surface area (Å²) in [5.74, 6) is 1.87. The molecule has 0 aliphatic carbocycles. The van der Waals surface area contributed by atoms with Crippen LogP contribution in [0.25, 0.3) is 147 Å². The van der Waals surface area contributed by atoms with Crippen LogP contribution in [0.4, 0.5) is 0 Å². The second-order valence-corrected chi connectivity index (χ2v) is 19.7. The van der Waals surface area contributed by atoms with E-state index in [0.717, 1.165) is 65.6 Å². The second-order valence-electron chi connectivity index (χ2n) is 18.7. The molecular weight excluding hydrogens is 893 g/mol. The number of aromatic nitrogens is 4. The van der Waals surface area contributed by atoms with Crippen LogP contribution in [0, 0.1) is 0 Å². The predicted octanol–water partition coefficient (Wildman–Crippen LogP) is 18.3. The lowest BCUT2D eigenvalue weighted by atomic mass is 9.90. The fourth-order valence-electron chi connectivity index (χ4n) is 11.2. The Bertz CT molecular complexity index is 4690. The maximum absolute atomic E-state index is 5.60. The number of benzene rings is 12. The lowest BCUT2D eigenvalue weighted by molar-refractivity contribution is 1.08. The highest BCUT2D eigenvalue weighted by Crippen LogP contribution is 2.47. The Labute approximate surface area is 418 Å². The molecule has 72 heavy (non-hydrogen) atoms. The highest BCUT2D eigenvalue weighted by Gasteiger charge is 2.25. The van der Waals surface area contributed by atoms with Gasteiger partial charge in [-0.05, 0) is 91.5 Å². The van der Waals surface area contributed by atoms with Crippen molar-refractivity contribution in [2.24, 2.45) is 0 Å². The Hall–Kier alpha value is -9.29. The monoisotopic (exact) mass is 932 g/mol. The molecule has 0 spiro atoms. The maximum atomic E-state index is 5.60. The van der Waals surface area contributed by atoms with Gasteiger partial charge in [-0.3, -0.25) is 0 Å². The smallest absolute Gasteiger partial charge is 0.165 e. The number of fused-ring (bicyclic) bond motifs is 11. The van der Waals surface area contributed by atoms with Crippen molar-refractivity contribution in [3.05, 3.63) is 243 Å². The van der Waals surface area contributed by atoms with E-state index in [1.807, 2.05) is 6.07 Å². The minimum Gasteiger partial charge on any atom is -0.307 e. The lowest BCUT2D eigenvalue weighted by Gasteiger charge is -2.21. The molecule has 3 heterocycles. The van der Waals surface area contributed by atoms with Crippen LogP contribution < -0.4 is 0 Å². The van der Waals surface area contributed by atoms with Crippen LogP contribution >= 0.6 is 11.3 Å². The average molecular weight is 933 g/mol. The summed E-state index contributed by atoms with van der Waals surface area (Å²) in [5.41, 5.74) is 10.7. The summed E-state index contributed by atoms with van der Waals surface area (Å²) in [6.07, 6.45) is 0. The van der Waals surface area contributed by atoms with Gasteiger partial charge in [0.1, 0.15) is 0 Å². The zero-order chi connectivity index (χ0) is 47.3. The molecule has 0 aliphatic rings. The summed E-state index contributed by atoms with van der Waals surface area (Å²) in [6, 6.07) is 87.9. The lowest BCUT2D eigenvalue weighted by Crippen LogP contribution is -2.04. The third-order valence-corrected chi connectivity index (χ3v) is 15.8. The minimum absolute atomic E-state index is 0.611. The molecule has 0 atom stereocenters. The largest absolute Gasteiger partial charge is 0.307 e. The predicted molar refractivity (Wildman–Crippen MR) is 304 cm³/mol. The van der Waals surface area contributed by atoms with Gasteiger partial charge in [0.05, 0.1) is 16.7 Å². The van der Waals surface area contributed by atoms with Crippen molar-refractivity contribution in [2.45, 2.75) is 0 Å². The third kappa shape index (κ3) is 6.41. The molecule has 3 aromatic heterocycles. The molecule has 334 valence electrons. The number of thiophene rings is 1. The van der Waals surface area contributed by atoms with E-state index in [2.05, 4.69) is 241 Å². The molecule has 0 saturated heterocycles. The third-order valence-electron chi connectivity index (χ3n) is 14.6. The van der Waals surface area contributed by atoms with Gasteiger partial charge in [0.15, 0.2) is 17.5 Å². The van der Waals surface area contributed by atoms with E-state index in [1.54, 1.807) is 11.3 Å². The molecule has 0 amide bonds. The summed E-state index contributed by atoms with van der Waals surface area (Å²) >= 11 is 1.79. The van der Waals surface area contributed by atoms with E-state index in [4.69, 9.17) is 15.0 Å². The van der Waals surface area contributed by atoms with Crippen molar-refractivity contribution in [2.75, 3.05) is 0 Å². The van der Waals surface area contributed by atoms with Crippen LogP contribution in [0.3, 0.4) is 0 Å². The van der Waals surface area contributed by atoms with Crippen LogP contribution in [-0.4, -0.2) is 19.5 Å². The summed E-state index contributed by atoms with van der Waals surface area (Å²) in [6.45, 7) is 0. The van der Waals surface area contributed by atoms with Gasteiger partial charge in [-0.1, -0.05) is 200 Å². The van der Waals surface area contributed by atoms with Crippen molar-refractivity contribution >= 4 is 96.4 Å². The molecule has 5 heteroatoms. The van der Waals surface area contributed by atoms with Gasteiger partial charge >= 0.3 is 0 Å². The fraction of sp³-hybridized carbons (Fsp3) is 0. The van der Waals surface area contributed by atoms with E-state index >= 15 is 0 Å². The van der Waals surface area contributed by atoms with Gasteiger partial charge in [-0.2, -0.15) is 0 Å². The van der Waals surface area contributed by atoms with Gasteiger partial charge in [0.25, 0.3) is 0 Å². The Kier molecular flexibility index (Phi) is 9.10. The first-order chi connectivity index (χ1) is 35.7. The topological polar surface area (TPSA) is 43.6 Å². The van der Waals surface area contributed by atoms with Crippen molar-refractivity contribution in [3.8, 4) is 62.1 Å². The van der Waals surface area contributed by atoms with Crippen LogP contribution in [0.1, 0.15) is 0 Å². The SMILES string of the molecule is c1ccc(-c2ccc3c(-n4c5cc6ccccc6cc5c5ccc6ccccc6c54)c(-c4ccc5ccccc5c4)cc(-c4nc(-c5ccccc5)nc(-c5cccc6c5sc5ccccc56)n4)c3c2)cc1. The normalized spacial score (nSPS) is 11.9. The molecule has 0 bridgehead atoms. The first-order valence-corrected chi connectivity index (χ1v) is 25.2. The van der Waals surface area contributed by atoms with E-state index in [1.165, 1.54) is 64.1 Å². The molecule has 15 aromatic rings. The number of hydrogen-bond donors (Lipinski definition) is 0. The number of nitrogens with zero attached hydrogens (tertiary/aromatic N) is 4. The molecule has 0 unspecified atom stereocenters. The van der Waals surface area contributed by atoms with Crippen LogP contribution in [0.5, 0.6) is 0 Å². The Balaban J connectivity index is 1.12. The van der Waals surface area contributed by atoms with E-state index < -0.39 is 0 Å². The number of rotatable bonds is 6. The average Bonchev–Trinajstić information content (AvgIpc) is 3.99. The molecule has 0 N–H and O–H groups in total. The molecule has 0 radical (unpaired) electrons. The minimum atomic E-state index is 0.611. The molecule has 0 aliphatic heterocycles. The first kappa shape index (κ1) is 40.6. The highest BCUT2D eigenvalue weighted by atomic mass is 32.1. The van der Waals surface area contributed by atoms with Crippen molar-refractivity contribution in [3.63, 3.8) is 0 Å². The van der Waals surface area contributed by atoms with Gasteiger partial charge in [-0.15, -0.1) is 11.3 Å². The Morgan fingerprint density at radius 2 is 0.889 bits per heavy atom. The van der Waals surface area contributed by atoms with Crippen molar-refractivity contribution < 1.29 is 0 Å². The summed E-state index contributed by atoms with van der Waals surface area (Å²) in [4.78, 5) is 16.4. The van der Waals surface area contributed by atoms with Crippen molar-refractivity contribution in [1.29, 1.82) is 0 Å². The van der Waals surface area contributed by atoms with Gasteiger partial charge in [0, 0.05) is 64.0 Å². The summed E-state index contributed by atoms with van der Waals surface area (Å²) in [7, 11) is 0. The second kappa shape index (κ2) is 16.1. The standard InChI is InChI=1S/C67H40N4S/c1-3-16-41(17-4-1)48-33-35-52-57(37-48)59(67-69-65(44-20-5-2-6-21-44)68-66(70-67)55-28-15-27-54-51-26-13-14-29-61(51)72-64(54)55)40-56(49-31-30-42-18-7-8-22-45(42)36-49)63(52)71-60-39-47-24-10-9-23-46(47)38-58(60)53-34-32-43-19-11-12-25-50(43)62(53)71/h1-40H. The van der Waals surface area contributed by atoms with Crippen molar-refractivity contribution in [1.82, 2.24) is 19.5 Å². The van der Waals surface area contributed by atoms with Gasteiger partial charge in [-0.25, -0.2) is 15.0 Å². The molecular formula is C67H40N4S. The van der Waals surface area contributed by atoms with E-state index in [0.29, 0.717) is 17.5 Å². The van der Waals surface area contributed by atoms with Gasteiger partial charge < -0.3 is 4.57 Å². The fourth-order valence-corrected chi connectivity index (χ4v) is 12.4. The zero-order valence-corrected chi connectivity index (χ0v) is 39.6. The molecule has 0 fully saturated rings. The molecule has 12 aromatic carbocycles. The summed E-state index contributed by atoms with van der Waals surface area (Å²) < 4.78 is 4.96. The quantitative estimate of drug-likeness (QED) is 0.167. The van der Waals surface area contributed by atoms with Crippen LogP contribution in [0.15, 0.2) is 243 Å². The molecule has 4 nitrogen and oxygen atoms in total. The molecule has 15 rings (SSSR count). The number of hydrogen-bond acceptors (Lipinski definition) is 4. The highest BCUT2D eigenvalue weighted by molar-refractivity contribution is 7.26. The van der Waals surface area contributed by atoms with Crippen LogP contribution in [-0.2, 0) is 0 Å². The first-order valence-electron chi connectivity index (χ1n) is 24.4. The van der Waals surface area contributed by atoms with Gasteiger partial charge in [0.2, 0.25) is 0 Å². The molecule has 0 saturated carbocycles.